The van der Waals surface area contributed by atoms with Crippen LogP contribution in [0.25, 0.3) is 0 Å². The zero-order chi connectivity index (χ0) is 31.6. The van der Waals surface area contributed by atoms with E-state index in [4.69, 9.17) is 0 Å². The number of hydrogen-bond donors (Lipinski definition) is 1. The van der Waals surface area contributed by atoms with Crippen LogP contribution >= 0.6 is 0 Å². The molecule has 0 saturated carbocycles. The van der Waals surface area contributed by atoms with E-state index in [9.17, 15) is 23.5 Å². The predicted molar refractivity (Wildman–Crippen MR) is 171 cm³/mol. The summed E-state index contributed by atoms with van der Waals surface area (Å²) >= 11 is 0. The van der Waals surface area contributed by atoms with E-state index in [1.807, 2.05) is 49.9 Å². The van der Waals surface area contributed by atoms with Crippen molar-refractivity contribution < 1.29 is 23.5 Å². The Morgan fingerprint density at radius 3 is 2.25 bits per heavy atom. The second-order valence-electron chi connectivity index (χ2n) is 12.4. The van der Waals surface area contributed by atoms with Crippen molar-refractivity contribution in [2.45, 2.75) is 71.9 Å². The maximum atomic E-state index is 14.1. The monoisotopic (exact) mass is 604 g/mol. The summed E-state index contributed by atoms with van der Waals surface area (Å²) < 4.78 is 28.3. The van der Waals surface area contributed by atoms with Crippen molar-refractivity contribution >= 4 is 11.7 Å². The second-order valence-corrected chi connectivity index (χ2v) is 12.4. The van der Waals surface area contributed by atoms with Crippen LogP contribution in [0.15, 0.2) is 66.7 Å². The molecule has 1 amide bonds. The lowest BCUT2D eigenvalue weighted by Crippen LogP contribution is -2.43. The van der Waals surface area contributed by atoms with Crippen LogP contribution in [0.1, 0.15) is 83.4 Å². The number of carbonyl (C=O) groups is 2. The smallest absolute Gasteiger partial charge is 0.253 e. The number of carbonyl (C=O) groups excluding carboxylic acids is 2. The van der Waals surface area contributed by atoms with Crippen molar-refractivity contribution in [3.05, 3.63) is 106 Å². The van der Waals surface area contributed by atoms with E-state index in [1.165, 1.54) is 17.7 Å². The first-order valence-corrected chi connectivity index (χ1v) is 16.0. The van der Waals surface area contributed by atoms with E-state index in [1.54, 1.807) is 12.1 Å². The van der Waals surface area contributed by atoms with Gasteiger partial charge in [0, 0.05) is 49.8 Å². The fourth-order valence-corrected chi connectivity index (χ4v) is 6.55. The molecule has 3 aromatic carbocycles. The van der Waals surface area contributed by atoms with E-state index < -0.39 is 23.7 Å². The van der Waals surface area contributed by atoms with Crippen LogP contribution in [0, 0.1) is 30.4 Å². The van der Waals surface area contributed by atoms with Crippen molar-refractivity contribution in [1.29, 1.82) is 0 Å². The molecule has 1 N–H and O–H groups in total. The number of amides is 1. The Morgan fingerprint density at radius 1 is 0.932 bits per heavy atom. The Morgan fingerprint density at radius 2 is 1.59 bits per heavy atom. The third kappa shape index (κ3) is 9.29. The lowest BCUT2D eigenvalue weighted by Gasteiger charge is -2.38. The summed E-state index contributed by atoms with van der Waals surface area (Å²) in [6.45, 7) is 9.58. The van der Waals surface area contributed by atoms with Crippen molar-refractivity contribution in [2.24, 2.45) is 11.8 Å². The minimum atomic E-state index is -0.848. The van der Waals surface area contributed by atoms with Gasteiger partial charge in [-0.2, -0.15) is 0 Å². The largest absolute Gasteiger partial charge is 0.392 e. The van der Waals surface area contributed by atoms with Crippen LogP contribution in [-0.4, -0.2) is 58.9 Å². The van der Waals surface area contributed by atoms with Gasteiger partial charge in [-0.25, -0.2) is 8.78 Å². The molecule has 44 heavy (non-hydrogen) atoms. The summed E-state index contributed by atoms with van der Waals surface area (Å²) in [5, 5.41) is 11.8. The van der Waals surface area contributed by atoms with E-state index in [2.05, 4.69) is 17.0 Å². The van der Waals surface area contributed by atoms with Gasteiger partial charge in [-0.15, -0.1) is 0 Å². The van der Waals surface area contributed by atoms with Crippen molar-refractivity contribution in [3.8, 4) is 0 Å². The molecule has 1 heterocycles. The fraction of sp³-hybridized carbons (Fsp3) is 0.459. The number of ketones is 1. The first-order valence-electron chi connectivity index (χ1n) is 16.0. The Bertz CT molecular complexity index is 1370. The van der Waals surface area contributed by atoms with Gasteiger partial charge in [0.15, 0.2) is 5.78 Å². The van der Waals surface area contributed by atoms with Crippen LogP contribution in [-0.2, 0) is 13.0 Å². The first-order chi connectivity index (χ1) is 21.2. The molecule has 2 unspecified atom stereocenters. The van der Waals surface area contributed by atoms with Crippen LogP contribution in [0.3, 0.4) is 0 Å². The van der Waals surface area contributed by atoms with Crippen molar-refractivity contribution in [2.75, 3.05) is 26.2 Å². The standard InChI is InChI=1S/C37H46F2N2O3/c1-4-13-41(14-5-2)37(44)32-17-26(3)16-30(21-32)35(42)22-31(18-28-19-33(38)23-34(39)20-28)36(43)29-12-9-15-40(25-29)24-27-10-7-6-8-11-27/h6-8,10-11,16-17,19-21,23,29,31,36,43H,4-5,9,12-15,18,22,24-25H2,1-3H3/t29?,31?,36-/m1/s1. The van der Waals surface area contributed by atoms with Crippen LogP contribution < -0.4 is 0 Å². The molecule has 236 valence electrons. The molecule has 4 rings (SSSR count). The molecule has 1 aliphatic heterocycles. The maximum Gasteiger partial charge on any atom is 0.253 e. The Labute approximate surface area is 260 Å². The molecule has 3 atom stereocenters. The molecule has 1 aliphatic rings. The van der Waals surface area contributed by atoms with Gasteiger partial charge in [0.2, 0.25) is 0 Å². The summed E-state index contributed by atoms with van der Waals surface area (Å²) in [6, 6.07) is 18.8. The van der Waals surface area contributed by atoms with Gasteiger partial charge in [0.05, 0.1) is 6.10 Å². The number of hydrogen-bond acceptors (Lipinski definition) is 4. The highest BCUT2D eigenvalue weighted by Gasteiger charge is 2.33. The van der Waals surface area contributed by atoms with Gasteiger partial charge in [0.25, 0.3) is 5.91 Å². The highest BCUT2D eigenvalue weighted by Crippen LogP contribution is 2.30. The predicted octanol–water partition coefficient (Wildman–Crippen LogP) is 7.24. The summed E-state index contributed by atoms with van der Waals surface area (Å²) in [6.07, 6.45) is 2.72. The summed E-state index contributed by atoms with van der Waals surface area (Å²) in [4.78, 5) is 31.3. The van der Waals surface area contributed by atoms with Gasteiger partial charge in [-0.3, -0.25) is 14.5 Å². The number of nitrogens with zero attached hydrogens (tertiary/aromatic N) is 2. The van der Waals surface area contributed by atoms with Crippen molar-refractivity contribution in [1.82, 2.24) is 9.80 Å². The maximum absolute atomic E-state index is 14.1. The van der Waals surface area contributed by atoms with Crippen LogP contribution in [0.4, 0.5) is 8.78 Å². The number of aliphatic hydroxyl groups is 1. The Balaban J connectivity index is 1.57. The van der Waals surface area contributed by atoms with E-state index in [0.717, 1.165) is 50.4 Å². The molecule has 0 aromatic heterocycles. The molecule has 1 fully saturated rings. The van der Waals surface area contributed by atoms with Crippen LogP contribution in [0.2, 0.25) is 0 Å². The molecule has 3 aromatic rings. The number of piperidine rings is 1. The lowest BCUT2D eigenvalue weighted by atomic mass is 9.79. The molecule has 0 bridgehead atoms. The Kier molecular flexibility index (Phi) is 12.2. The van der Waals surface area contributed by atoms with E-state index in [0.29, 0.717) is 36.3 Å². The topological polar surface area (TPSA) is 60.9 Å². The van der Waals surface area contributed by atoms with Crippen LogP contribution in [0.5, 0.6) is 0 Å². The van der Waals surface area contributed by atoms with Gasteiger partial charge in [-0.1, -0.05) is 44.2 Å². The fourth-order valence-electron chi connectivity index (χ4n) is 6.55. The summed E-state index contributed by atoms with van der Waals surface area (Å²) in [7, 11) is 0. The number of rotatable bonds is 14. The summed E-state index contributed by atoms with van der Waals surface area (Å²) in [5.41, 5.74) is 3.30. The SMILES string of the molecule is CCCN(CCC)C(=O)c1cc(C)cc(C(=O)CC(Cc2cc(F)cc(F)c2)[C@H](O)C2CCCN(Cc3ccccc3)C2)c1. The normalized spacial score (nSPS) is 16.8. The summed E-state index contributed by atoms with van der Waals surface area (Å²) in [5.74, 6) is -2.30. The number of benzene rings is 3. The number of aryl methyl sites for hydroxylation is 1. The molecular formula is C37H46F2N2O3. The third-order valence-corrected chi connectivity index (χ3v) is 8.55. The van der Waals surface area contributed by atoms with Gasteiger partial charge >= 0.3 is 0 Å². The highest BCUT2D eigenvalue weighted by atomic mass is 19.1. The average Bonchev–Trinajstić information content (AvgIpc) is 2.99. The molecule has 1 saturated heterocycles. The molecule has 7 heteroatoms. The Hall–Kier alpha value is -3.42. The number of likely N-dealkylation sites (tertiary alicyclic amines) is 1. The number of aliphatic hydroxyl groups excluding tert-OH is 1. The third-order valence-electron chi connectivity index (χ3n) is 8.55. The number of halogens is 2. The van der Waals surface area contributed by atoms with E-state index in [-0.39, 0.29) is 30.4 Å². The molecular weight excluding hydrogens is 558 g/mol. The first kappa shape index (κ1) is 33.5. The van der Waals surface area contributed by atoms with Gasteiger partial charge < -0.3 is 10.0 Å². The quantitative estimate of drug-likeness (QED) is 0.197. The highest BCUT2D eigenvalue weighted by molar-refractivity contribution is 6.01. The minimum Gasteiger partial charge on any atom is -0.392 e. The van der Waals surface area contributed by atoms with Crippen molar-refractivity contribution in [3.63, 3.8) is 0 Å². The second kappa shape index (κ2) is 16.1. The zero-order valence-electron chi connectivity index (χ0n) is 26.3. The van der Waals surface area contributed by atoms with E-state index >= 15 is 0 Å². The molecule has 5 nitrogen and oxygen atoms in total. The van der Waals surface area contributed by atoms with Gasteiger partial charge in [-0.05, 0) is 104 Å². The zero-order valence-corrected chi connectivity index (χ0v) is 26.3. The molecule has 0 spiro atoms. The average molecular weight is 605 g/mol. The molecule has 0 radical (unpaired) electrons. The van der Waals surface area contributed by atoms with Gasteiger partial charge in [0.1, 0.15) is 11.6 Å². The minimum absolute atomic E-state index is 0.000791. The molecule has 0 aliphatic carbocycles. The lowest BCUT2D eigenvalue weighted by molar-refractivity contribution is 0.00755. The number of Topliss-reactive ketones (excluding diaryl/α,β-unsaturated/α-hetero) is 1.